The number of fused-ring (bicyclic) bond motifs is 3. The standard InChI is InChI=1S/C38H57NO12/c1-2-41-14-15-43-18-19-45-22-23-47-26-27-49-30-31-50-29-28-48-25-24-46-21-20-44-17-16-42-13-7-12-39-38(40)51-32-37-35-10-5-3-8-33(35)34-9-4-6-11-36(34)37/h2-6,8-11,37H,1,7,12-32H2,(H,39,40). The Balaban J connectivity index is 0.965. The highest BCUT2D eigenvalue weighted by molar-refractivity contribution is 5.79. The number of amides is 1. The molecule has 2 aromatic carbocycles. The van der Waals surface area contributed by atoms with E-state index < -0.39 is 6.09 Å². The first-order chi connectivity index (χ1) is 25.3. The Kier molecular flexibility index (Phi) is 24.4. The Labute approximate surface area is 302 Å². The fourth-order valence-corrected chi connectivity index (χ4v) is 5.07. The topological polar surface area (TPSA) is 131 Å². The molecule has 0 aliphatic heterocycles. The molecule has 0 bridgehead atoms. The van der Waals surface area contributed by atoms with Crippen LogP contribution in [0.2, 0.25) is 0 Å². The summed E-state index contributed by atoms with van der Waals surface area (Å²) in [6.45, 7) is 13.8. The summed E-state index contributed by atoms with van der Waals surface area (Å²) in [6, 6.07) is 16.6. The van der Waals surface area contributed by atoms with E-state index >= 15 is 0 Å². The van der Waals surface area contributed by atoms with Gasteiger partial charge in [-0.15, -0.1) is 0 Å². The van der Waals surface area contributed by atoms with Gasteiger partial charge in [-0.2, -0.15) is 0 Å². The average molecular weight is 720 g/mol. The number of ether oxygens (including phenoxy) is 11. The summed E-state index contributed by atoms with van der Waals surface area (Å²) < 4.78 is 59.7. The van der Waals surface area contributed by atoms with Gasteiger partial charge < -0.3 is 57.4 Å². The van der Waals surface area contributed by atoms with Crippen LogP contribution in [-0.2, 0) is 52.1 Å². The van der Waals surface area contributed by atoms with Crippen molar-refractivity contribution in [1.82, 2.24) is 5.32 Å². The van der Waals surface area contributed by atoms with Crippen molar-refractivity contribution in [1.29, 1.82) is 0 Å². The second-order valence-corrected chi connectivity index (χ2v) is 11.2. The van der Waals surface area contributed by atoms with Crippen LogP contribution < -0.4 is 5.32 Å². The second kappa shape index (κ2) is 29.5. The van der Waals surface area contributed by atoms with Gasteiger partial charge in [0.1, 0.15) is 13.2 Å². The van der Waals surface area contributed by atoms with E-state index in [9.17, 15) is 4.79 Å². The zero-order chi connectivity index (χ0) is 35.9. The minimum Gasteiger partial charge on any atom is -0.499 e. The third kappa shape index (κ3) is 19.3. The predicted octanol–water partition coefficient (Wildman–Crippen LogP) is 4.22. The quantitative estimate of drug-likeness (QED) is 0.0821. The molecule has 0 spiro atoms. The SMILES string of the molecule is C=COCCOCCOCCOCCOCCOCCOCCOCCOCCOCCCNC(=O)OCC1c2ccccc2-c2ccccc21. The van der Waals surface area contributed by atoms with Gasteiger partial charge >= 0.3 is 6.09 Å². The van der Waals surface area contributed by atoms with Crippen molar-refractivity contribution in [3.05, 3.63) is 72.5 Å². The lowest BCUT2D eigenvalue weighted by molar-refractivity contribution is -0.0256. The lowest BCUT2D eigenvalue weighted by atomic mass is 9.98. The summed E-state index contributed by atoms with van der Waals surface area (Å²) in [5.41, 5.74) is 4.81. The van der Waals surface area contributed by atoms with E-state index in [-0.39, 0.29) is 5.92 Å². The molecule has 13 heteroatoms. The van der Waals surface area contributed by atoms with Crippen LogP contribution in [0.5, 0.6) is 0 Å². The molecule has 0 radical (unpaired) electrons. The van der Waals surface area contributed by atoms with Crippen LogP contribution in [0.1, 0.15) is 23.5 Å². The molecule has 1 amide bonds. The van der Waals surface area contributed by atoms with E-state index in [4.69, 9.17) is 52.1 Å². The monoisotopic (exact) mass is 719 g/mol. The van der Waals surface area contributed by atoms with Crippen molar-refractivity contribution in [3.8, 4) is 11.1 Å². The van der Waals surface area contributed by atoms with Crippen molar-refractivity contribution in [2.75, 3.05) is 139 Å². The van der Waals surface area contributed by atoms with Crippen LogP contribution in [0, 0.1) is 0 Å². The molecule has 0 unspecified atom stereocenters. The van der Waals surface area contributed by atoms with Gasteiger partial charge in [0.2, 0.25) is 0 Å². The lowest BCUT2D eigenvalue weighted by Gasteiger charge is -2.14. The van der Waals surface area contributed by atoms with Crippen LogP contribution in [0.4, 0.5) is 4.79 Å². The van der Waals surface area contributed by atoms with Crippen molar-refractivity contribution < 1.29 is 56.9 Å². The van der Waals surface area contributed by atoms with E-state index in [0.29, 0.717) is 145 Å². The van der Waals surface area contributed by atoms with Gasteiger partial charge in [-0.3, -0.25) is 0 Å². The van der Waals surface area contributed by atoms with Gasteiger partial charge in [0, 0.05) is 19.1 Å². The summed E-state index contributed by atoms with van der Waals surface area (Å²) in [5, 5.41) is 2.80. The van der Waals surface area contributed by atoms with Gasteiger partial charge in [-0.1, -0.05) is 55.1 Å². The minimum atomic E-state index is -0.415. The summed E-state index contributed by atoms with van der Waals surface area (Å²) in [6.07, 6.45) is 1.67. The van der Waals surface area contributed by atoms with Crippen LogP contribution >= 0.6 is 0 Å². The van der Waals surface area contributed by atoms with E-state index in [0.717, 1.165) is 0 Å². The molecule has 3 rings (SSSR count). The fraction of sp³-hybridized carbons (Fsp3) is 0.605. The first-order valence-electron chi connectivity index (χ1n) is 17.8. The summed E-state index contributed by atoms with van der Waals surface area (Å²) in [5.74, 6) is 0.0506. The molecular weight excluding hydrogens is 662 g/mol. The van der Waals surface area contributed by atoms with Crippen molar-refractivity contribution in [3.63, 3.8) is 0 Å². The highest BCUT2D eigenvalue weighted by Gasteiger charge is 2.28. The normalized spacial score (nSPS) is 12.1. The molecule has 2 aromatic rings. The van der Waals surface area contributed by atoms with Gasteiger partial charge in [0.25, 0.3) is 0 Å². The molecule has 0 atom stereocenters. The number of hydrogen-bond acceptors (Lipinski definition) is 12. The molecule has 0 saturated heterocycles. The van der Waals surface area contributed by atoms with E-state index in [1.807, 2.05) is 24.3 Å². The van der Waals surface area contributed by atoms with Gasteiger partial charge in [0.05, 0.1) is 119 Å². The largest absolute Gasteiger partial charge is 0.499 e. The molecule has 0 saturated carbocycles. The van der Waals surface area contributed by atoms with E-state index in [2.05, 4.69) is 36.2 Å². The maximum atomic E-state index is 12.3. The number of rotatable bonds is 34. The minimum absolute atomic E-state index is 0.0506. The van der Waals surface area contributed by atoms with Crippen molar-refractivity contribution in [2.24, 2.45) is 0 Å². The van der Waals surface area contributed by atoms with Gasteiger partial charge in [-0.05, 0) is 28.7 Å². The number of hydrogen-bond donors (Lipinski definition) is 1. The zero-order valence-electron chi connectivity index (χ0n) is 29.9. The van der Waals surface area contributed by atoms with E-state index in [1.54, 1.807) is 0 Å². The molecule has 13 nitrogen and oxygen atoms in total. The smallest absolute Gasteiger partial charge is 0.407 e. The van der Waals surface area contributed by atoms with Crippen molar-refractivity contribution >= 4 is 6.09 Å². The molecule has 1 N–H and O–H groups in total. The zero-order valence-corrected chi connectivity index (χ0v) is 29.9. The third-order valence-electron chi connectivity index (χ3n) is 7.52. The molecule has 0 heterocycles. The molecule has 51 heavy (non-hydrogen) atoms. The molecule has 0 aromatic heterocycles. The summed E-state index contributed by atoms with van der Waals surface area (Å²) in [7, 11) is 0. The number of nitrogens with one attached hydrogen (secondary N) is 1. The number of benzene rings is 2. The Morgan fingerprint density at radius 2 is 0.882 bits per heavy atom. The highest BCUT2D eigenvalue weighted by atomic mass is 16.6. The van der Waals surface area contributed by atoms with Crippen LogP contribution in [0.3, 0.4) is 0 Å². The molecule has 1 aliphatic carbocycles. The van der Waals surface area contributed by atoms with Crippen LogP contribution in [0.15, 0.2) is 61.4 Å². The van der Waals surface area contributed by atoms with Crippen LogP contribution in [0.25, 0.3) is 11.1 Å². The van der Waals surface area contributed by atoms with E-state index in [1.165, 1.54) is 28.5 Å². The average Bonchev–Trinajstić information content (AvgIpc) is 3.48. The summed E-state index contributed by atoms with van der Waals surface area (Å²) in [4.78, 5) is 12.3. The molecule has 286 valence electrons. The first-order valence-corrected chi connectivity index (χ1v) is 17.8. The Bertz CT molecular complexity index is 1120. The first kappa shape index (κ1) is 42.3. The number of alkyl carbamates (subject to hydrolysis) is 1. The Morgan fingerprint density at radius 3 is 1.27 bits per heavy atom. The predicted molar refractivity (Wildman–Crippen MR) is 191 cm³/mol. The maximum Gasteiger partial charge on any atom is 0.407 e. The van der Waals surface area contributed by atoms with Crippen LogP contribution in [-0.4, -0.2) is 145 Å². The molecule has 1 aliphatic rings. The number of carbonyl (C=O) groups is 1. The second-order valence-electron chi connectivity index (χ2n) is 11.2. The van der Waals surface area contributed by atoms with Crippen molar-refractivity contribution in [2.45, 2.75) is 12.3 Å². The highest BCUT2D eigenvalue weighted by Crippen LogP contribution is 2.44. The van der Waals surface area contributed by atoms with Gasteiger partial charge in [0.15, 0.2) is 0 Å². The summed E-state index contributed by atoms with van der Waals surface area (Å²) >= 11 is 0. The maximum absolute atomic E-state index is 12.3. The number of carbonyl (C=O) groups excluding carboxylic acids is 1. The fourth-order valence-electron chi connectivity index (χ4n) is 5.07. The van der Waals surface area contributed by atoms with Gasteiger partial charge in [-0.25, -0.2) is 4.79 Å². The Morgan fingerprint density at radius 1 is 0.529 bits per heavy atom. The third-order valence-corrected chi connectivity index (χ3v) is 7.52. The molecular formula is C38H57NO12. The molecule has 0 fully saturated rings. The lowest BCUT2D eigenvalue weighted by Crippen LogP contribution is -2.27. The Hall–Kier alpha value is -3.11.